The molecule has 8 nitrogen and oxygen atoms in total. The summed E-state index contributed by atoms with van der Waals surface area (Å²) in [7, 11) is 0. The van der Waals surface area contributed by atoms with Crippen molar-refractivity contribution in [2.75, 3.05) is 35.2 Å². The Kier molecular flexibility index (Phi) is 7.10. The van der Waals surface area contributed by atoms with Crippen molar-refractivity contribution in [3.05, 3.63) is 86.1 Å². The molecule has 0 saturated carbocycles. The highest BCUT2D eigenvalue weighted by Crippen LogP contribution is 2.28. The van der Waals surface area contributed by atoms with Gasteiger partial charge in [0.2, 0.25) is 5.91 Å². The fraction of sp³-hybridized carbons (Fsp3) is 0.370. The average molecular weight is 476 g/mol. The number of aromatic nitrogens is 2. The van der Waals surface area contributed by atoms with E-state index >= 15 is 0 Å². The molecule has 0 atom stereocenters. The van der Waals surface area contributed by atoms with E-state index in [0.717, 1.165) is 30.6 Å². The Hall–Kier alpha value is -3.81. The second kappa shape index (κ2) is 10.2. The number of anilines is 3. The van der Waals surface area contributed by atoms with Gasteiger partial charge < -0.3 is 15.5 Å². The van der Waals surface area contributed by atoms with Gasteiger partial charge in [0.05, 0.1) is 13.1 Å². The molecule has 0 fully saturated rings. The fourth-order valence-corrected chi connectivity index (χ4v) is 4.66. The number of carbonyl (C=O) groups excluding carboxylic acids is 1. The molecule has 0 saturated heterocycles. The predicted molar refractivity (Wildman–Crippen MR) is 140 cm³/mol. The van der Waals surface area contributed by atoms with Crippen LogP contribution in [0.5, 0.6) is 0 Å². The molecule has 3 N–H and O–H groups in total. The standard InChI is InChI=1S/C27H33N5O3/c1-18(2)15-31(23(33)17-30-13-7-10-21-14-19(3)11-12-22(21)30)24-25(28)32(27(35)29-26(24)34)16-20-8-5-4-6-9-20/h4-6,8-9,11-12,14,18H,7,10,13,15-17,28H2,1-3H3,(H,29,34,35). The number of aromatic amines is 1. The van der Waals surface area contributed by atoms with Crippen LogP contribution in [0.2, 0.25) is 0 Å². The summed E-state index contributed by atoms with van der Waals surface area (Å²) in [5.41, 5.74) is 9.52. The van der Waals surface area contributed by atoms with Gasteiger partial charge in [-0.25, -0.2) is 4.79 Å². The minimum absolute atomic E-state index is 0.00808. The Labute approximate surface area is 205 Å². The molecule has 4 rings (SSSR count). The third-order valence-electron chi connectivity index (χ3n) is 6.29. The zero-order valence-corrected chi connectivity index (χ0v) is 20.6. The van der Waals surface area contributed by atoms with Crippen LogP contribution in [0.4, 0.5) is 17.2 Å². The maximum atomic E-state index is 13.7. The monoisotopic (exact) mass is 475 g/mol. The van der Waals surface area contributed by atoms with Crippen molar-refractivity contribution in [3.8, 4) is 0 Å². The van der Waals surface area contributed by atoms with Gasteiger partial charge in [-0.2, -0.15) is 0 Å². The van der Waals surface area contributed by atoms with Crippen molar-refractivity contribution in [3.63, 3.8) is 0 Å². The second-order valence-electron chi connectivity index (χ2n) is 9.62. The summed E-state index contributed by atoms with van der Waals surface area (Å²) < 4.78 is 1.31. The largest absolute Gasteiger partial charge is 0.383 e. The maximum absolute atomic E-state index is 13.7. The number of carbonyl (C=O) groups is 1. The number of hydrogen-bond donors (Lipinski definition) is 2. The number of H-pyrrole nitrogens is 1. The number of hydrogen-bond acceptors (Lipinski definition) is 5. The highest BCUT2D eigenvalue weighted by atomic mass is 16.2. The molecule has 0 spiro atoms. The zero-order chi connectivity index (χ0) is 25.1. The highest BCUT2D eigenvalue weighted by Gasteiger charge is 2.28. The molecule has 1 aliphatic heterocycles. The first-order chi connectivity index (χ1) is 16.7. The molecule has 0 unspecified atom stereocenters. The van der Waals surface area contributed by atoms with Crippen LogP contribution in [-0.2, 0) is 17.8 Å². The molecule has 184 valence electrons. The van der Waals surface area contributed by atoms with Gasteiger partial charge in [-0.1, -0.05) is 61.9 Å². The third kappa shape index (κ3) is 5.31. The number of fused-ring (bicyclic) bond motifs is 1. The Bertz CT molecular complexity index is 1330. The first-order valence-corrected chi connectivity index (χ1v) is 12.1. The van der Waals surface area contributed by atoms with Gasteiger partial charge in [-0.15, -0.1) is 0 Å². The topological polar surface area (TPSA) is 104 Å². The maximum Gasteiger partial charge on any atom is 0.330 e. The summed E-state index contributed by atoms with van der Waals surface area (Å²) in [5, 5.41) is 0. The van der Waals surface area contributed by atoms with Crippen LogP contribution >= 0.6 is 0 Å². The lowest BCUT2D eigenvalue weighted by atomic mass is 9.99. The van der Waals surface area contributed by atoms with Crippen LogP contribution in [-0.4, -0.2) is 35.1 Å². The zero-order valence-electron chi connectivity index (χ0n) is 20.6. The van der Waals surface area contributed by atoms with Crippen molar-refractivity contribution in [1.29, 1.82) is 0 Å². The highest BCUT2D eigenvalue weighted by molar-refractivity contribution is 5.98. The SMILES string of the molecule is Cc1ccc2c(c1)CCCN2CC(=O)N(CC(C)C)c1c(N)n(Cc2ccccc2)c(=O)[nH]c1=O. The van der Waals surface area contributed by atoms with Crippen molar-refractivity contribution in [2.24, 2.45) is 5.92 Å². The van der Waals surface area contributed by atoms with Gasteiger partial charge in [-0.05, 0) is 42.9 Å². The smallest absolute Gasteiger partial charge is 0.330 e. The average Bonchev–Trinajstić information content (AvgIpc) is 2.81. The number of nitrogens with two attached hydrogens (primary N) is 1. The number of aryl methyl sites for hydroxylation is 2. The Morgan fingerprint density at radius 3 is 2.60 bits per heavy atom. The molecule has 0 bridgehead atoms. The third-order valence-corrected chi connectivity index (χ3v) is 6.29. The molecule has 0 radical (unpaired) electrons. The molecule has 3 aromatic rings. The first kappa shape index (κ1) is 24.3. The molecule has 0 aliphatic carbocycles. The molecule has 1 aliphatic rings. The van der Waals surface area contributed by atoms with Crippen LogP contribution < -0.4 is 26.8 Å². The lowest BCUT2D eigenvalue weighted by Gasteiger charge is -2.33. The summed E-state index contributed by atoms with van der Waals surface area (Å²) in [4.78, 5) is 45.1. The number of rotatable bonds is 7. The minimum Gasteiger partial charge on any atom is -0.383 e. The van der Waals surface area contributed by atoms with E-state index in [-0.39, 0.29) is 36.4 Å². The Balaban J connectivity index is 1.70. The number of nitrogens with zero attached hydrogens (tertiary/aromatic N) is 3. The van der Waals surface area contributed by atoms with Gasteiger partial charge in [0.25, 0.3) is 5.56 Å². The van der Waals surface area contributed by atoms with E-state index in [9.17, 15) is 14.4 Å². The second-order valence-corrected chi connectivity index (χ2v) is 9.62. The van der Waals surface area contributed by atoms with E-state index in [0.29, 0.717) is 6.54 Å². The summed E-state index contributed by atoms with van der Waals surface area (Å²) in [5.74, 6) is -0.149. The van der Waals surface area contributed by atoms with E-state index in [1.54, 1.807) is 0 Å². The normalized spacial score (nSPS) is 13.1. The lowest BCUT2D eigenvalue weighted by molar-refractivity contribution is -0.117. The van der Waals surface area contributed by atoms with Gasteiger partial charge in [-0.3, -0.25) is 19.1 Å². The summed E-state index contributed by atoms with van der Waals surface area (Å²) >= 11 is 0. The van der Waals surface area contributed by atoms with Crippen LogP contribution in [0.1, 0.15) is 37.0 Å². The number of nitrogens with one attached hydrogen (secondary N) is 1. The van der Waals surface area contributed by atoms with E-state index in [4.69, 9.17) is 5.73 Å². The van der Waals surface area contributed by atoms with E-state index < -0.39 is 11.2 Å². The number of benzene rings is 2. The molecule has 8 heteroatoms. The van der Waals surface area contributed by atoms with Crippen molar-refractivity contribution < 1.29 is 4.79 Å². The Morgan fingerprint density at radius 1 is 1.14 bits per heavy atom. The first-order valence-electron chi connectivity index (χ1n) is 12.1. The summed E-state index contributed by atoms with van der Waals surface area (Å²) in [6, 6.07) is 15.7. The number of amides is 1. The van der Waals surface area contributed by atoms with E-state index in [2.05, 4.69) is 35.0 Å². The van der Waals surface area contributed by atoms with Gasteiger partial charge in [0, 0.05) is 18.8 Å². The van der Waals surface area contributed by atoms with Crippen molar-refractivity contribution in [2.45, 2.75) is 40.2 Å². The van der Waals surface area contributed by atoms with E-state index in [1.807, 2.05) is 44.2 Å². The van der Waals surface area contributed by atoms with E-state index in [1.165, 1.54) is 20.6 Å². The lowest BCUT2D eigenvalue weighted by Crippen LogP contribution is -2.47. The molecular formula is C27H33N5O3. The van der Waals surface area contributed by atoms with Gasteiger partial charge in [0.1, 0.15) is 5.82 Å². The summed E-state index contributed by atoms with van der Waals surface area (Å²) in [6.45, 7) is 7.40. The van der Waals surface area contributed by atoms with Gasteiger partial charge in [0.15, 0.2) is 5.69 Å². The molecule has 35 heavy (non-hydrogen) atoms. The minimum atomic E-state index is -0.652. The summed E-state index contributed by atoms with van der Waals surface area (Å²) in [6.07, 6.45) is 1.94. The molecule has 2 heterocycles. The van der Waals surface area contributed by atoms with Crippen LogP contribution in [0.3, 0.4) is 0 Å². The quantitative estimate of drug-likeness (QED) is 0.547. The van der Waals surface area contributed by atoms with Gasteiger partial charge >= 0.3 is 5.69 Å². The predicted octanol–water partition coefficient (Wildman–Crippen LogP) is 2.92. The van der Waals surface area contributed by atoms with Crippen LogP contribution in [0, 0.1) is 12.8 Å². The number of nitrogen functional groups attached to an aromatic ring is 1. The van der Waals surface area contributed by atoms with Crippen LogP contribution in [0.25, 0.3) is 0 Å². The molecule has 2 aromatic carbocycles. The van der Waals surface area contributed by atoms with Crippen molar-refractivity contribution >= 4 is 23.1 Å². The Morgan fingerprint density at radius 2 is 1.89 bits per heavy atom. The molecular weight excluding hydrogens is 442 g/mol. The molecule has 1 aromatic heterocycles. The molecule has 1 amide bonds. The van der Waals surface area contributed by atoms with Crippen molar-refractivity contribution in [1.82, 2.24) is 9.55 Å². The van der Waals surface area contributed by atoms with Crippen LogP contribution in [0.15, 0.2) is 58.1 Å². The fourth-order valence-electron chi connectivity index (χ4n) is 4.66.